The van der Waals surface area contributed by atoms with Crippen LogP contribution in [0.25, 0.3) is 11.3 Å². The molecule has 0 radical (unpaired) electrons. The summed E-state index contributed by atoms with van der Waals surface area (Å²) < 4.78 is 28.5. The molecule has 1 saturated heterocycles. The smallest absolute Gasteiger partial charge is 0.303 e. The second-order valence-electron chi connectivity index (χ2n) is 8.56. The number of rotatable bonds is 8. The molecule has 13 nitrogen and oxygen atoms in total. The first-order valence-corrected chi connectivity index (χ1v) is 13.2. The Morgan fingerprint density at radius 1 is 0.950 bits per heavy atom. The van der Waals surface area contributed by atoms with Crippen LogP contribution in [0.2, 0.25) is 0 Å². The number of hydrogen-bond acceptors (Lipinski definition) is 13. The molecule has 0 saturated carbocycles. The van der Waals surface area contributed by atoms with Crippen molar-refractivity contribution in [3.8, 4) is 17.3 Å². The highest BCUT2D eigenvalue weighted by molar-refractivity contribution is 7.98. The van der Waals surface area contributed by atoms with Crippen LogP contribution in [0.4, 0.5) is 0 Å². The third-order valence-electron chi connectivity index (χ3n) is 5.65. The normalized spacial score (nSPS) is 21.9. The van der Waals surface area contributed by atoms with Gasteiger partial charge in [-0.1, -0.05) is 42.1 Å². The number of hydrogen-bond donors (Lipinski definition) is 0. The molecule has 1 aliphatic rings. The van der Waals surface area contributed by atoms with Crippen molar-refractivity contribution < 1.29 is 42.9 Å². The van der Waals surface area contributed by atoms with Crippen molar-refractivity contribution in [1.82, 2.24) is 9.55 Å². The zero-order valence-corrected chi connectivity index (χ0v) is 23.1. The summed E-state index contributed by atoms with van der Waals surface area (Å²) in [5, 5.41) is 10.0. The standard InChI is InChI=1S/C26H27N3O10S/c1-13(30)35-12-19-21(36-14(2)31)22(37-15(3)32)23(38-16(4)33)25(39-19)29-24(34)18(11-27)20(28-26(29)40-5)17-9-7-6-8-10-17/h6-10,19,21-23,25H,12H2,1-5H3/t19-,21-,22+,23-,25-/m1/s1. The van der Waals surface area contributed by atoms with E-state index in [0.29, 0.717) is 5.56 Å². The summed E-state index contributed by atoms with van der Waals surface area (Å²) in [6, 6.07) is 10.5. The van der Waals surface area contributed by atoms with E-state index >= 15 is 0 Å². The van der Waals surface area contributed by atoms with Crippen molar-refractivity contribution in [2.24, 2.45) is 0 Å². The van der Waals surface area contributed by atoms with Gasteiger partial charge in [0.25, 0.3) is 5.56 Å². The molecule has 1 aromatic carbocycles. The number of ether oxygens (including phenoxy) is 5. The molecule has 1 aromatic heterocycles. The minimum Gasteiger partial charge on any atom is -0.463 e. The van der Waals surface area contributed by atoms with Gasteiger partial charge in [-0.25, -0.2) is 4.98 Å². The van der Waals surface area contributed by atoms with Gasteiger partial charge in [0.15, 0.2) is 29.7 Å². The number of aromatic nitrogens is 2. The van der Waals surface area contributed by atoms with Crippen LogP contribution in [-0.2, 0) is 42.9 Å². The van der Waals surface area contributed by atoms with E-state index in [2.05, 4.69) is 4.98 Å². The highest BCUT2D eigenvalue weighted by atomic mass is 32.2. The second-order valence-corrected chi connectivity index (χ2v) is 9.34. The largest absolute Gasteiger partial charge is 0.463 e. The first-order chi connectivity index (χ1) is 19.0. The summed E-state index contributed by atoms with van der Waals surface area (Å²) in [6.07, 6.45) is -5.63. The summed E-state index contributed by atoms with van der Waals surface area (Å²) in [4.78, 5) is 66.3. The minimum absolute atomic E-state index is 0.0729. The highest BCUT2D eigenvalue weighted by Crippen LogP contribution is 2.36. The Balaban J connectivity index is 2.29. The van der Waals surface area contributed by atoms with Gasteiger partial charge in [-0.05, 0) is 6.26 Å². The Morgan fingerprint density at radius 2 is 1.52 bits per heavy atom. The highest BCUT2D eigenvalue weighted by Gasteiger charge is 2.53. The van der Waals surface area contributed by atoms with Crippen molar-refractivity contribution in [2.45, 2.75) is 63.5 Å². The van der Waals surface area contributed by atoms with E-state index in [1.807, 2.05) is 6.07 Å². The average Bonchev–Trinajstić information content (AvgIpc) is 2.89. The number of nitriles is 1. The lowest BCUT2D eigenvalue weighted by molar-refractivity contribution is -0.270. The van der Waals surface area contributed by atoms with Crippen LogP contribution in [0.1, 0.15) is 39.5 Å². The molecule has 40 heavy (non-hydrogen) atoms. The molecule has 14 heteroatoms. The first kappa shape index (κ1) is 30.3. The van der Waals surface area contributed by atoms with Gasteiger partial charge in [0, 0.05) is 33.3 Å². The van der Waals surface area contributed by atoms with Crippen LogP contribution in [0, 0.1) is 11.3 Å². The van der Waals surface area contributed by atoms with E-state index in [-0.39, 0.29) is 16.4 Å². The van der Waals surface area contributed by atoms with Crippen molar-refractivity contribution >= 4 is 35.6 Å². The summed E-state index contributed by atoms with van der Waals surface area (Å²) in [7, 11) is 0. The average molecular weight is 574 g/mol. The topological polar surface area (TPSA) is 173 Å². The maximum absolute atomic E-state index is 13.9. The van der Waals surface area contributed by atoms with Crippen molar-refractivity contribution in [2.75, 3.05) is 12.9 Å². The molecule has 2 aromatic rings. The van der Waals surface area contributed by atoms with E-state index < -0.39 is 66.7 Å². The van der Waals surface area contributed by atoms with Gasteiger partial charge in [-0.2, -0.15) is 5.26 Å². The summed E-state index contributed by atoms with van der Waals surface area (Å²) in [5.74, 6) is -3.13. The zero-order chi connectivity index (χ0) is 29.6. The maximum atomic E-state index is 13.9. The molecule has 0 amide bonds. The Bertz CT molecular complexity index is 1390. The molecule has 1 aliphatic heterocycles. The van der Waals surface area contributed by atoms with Gasteiger partial charge >= 0.3 is 23.9 Å². The molecular formula is C26H27N3O10S. The van der Waals surface area contributed by atoms with Gasteiger partial charge in [-0.15, -0.1) is 0 Å². The van der Waals surface area contributed by atoms with Crippen molar-refractivity contribution in [1.29, 1.82) is 5.26 Å². The van der Waals surface area contributed by atoms with E-state index in [1.54, 1.807) is 36.6 Å². The summed E-state index contributed by atoms with van der Waals surface area (Å²) in [5.41, 5.74) is -0.516. The number of benzene rings is 1. The van der Waals surface area contributed by atoms with Gasteiger partial charge in [-0.3, -0.25) is 28.5 Å². The monoisotopic (exact) mass is 573 g/mol. The lowest BCUT2D eigenvalue weighted by atomic mass is 9.97. The second kappa shape index (κ2) is 13.2. The van der Waals surface area contributed by atoms with E-state index in [9.17, 15) is 29.2 Å². The van der Waals surface area contributed by atoms with Gasteiger partial charge in [0.05, 0.1) is 5.69 Å². The van der Waals surface area contributed by atoms with Crippen LogP contribution in [0.3, 0.4) is 0 Å². The fourth-order valence-electron chi connectivity index (χ4n) is 4.20. The summed E-state index contributed by atoms with van der Waals surface area (Å²) in [6.45, 7) is 3.95. The quantitative estimate of drug-likeness (QED) is 0.194. The van der Waals surface area contributed by atoms with E-state index in [4.69, 9.17) is 23.7 Å². The lowest BCUT2D eigenvalue weighted by Gasteiger charge is -2.45. The van der Waals surface area contributed by atoms with Crippen LogP contribution in [0.5, 0.6) is 0 Å². The fraction of sp³-hybridized carbons (Fsp3) is 0.423. The molecule has 0 spiro atoms. The van der Waals surface area contributed by atoms with E-state index in [1.165, 1.54) is 0 Å². The summed E-state index contributed by atoms with van der Waals surface area (Å²) >= 11 is 1.04. The Kier molecular flexibility index (Phi) is 10.0. The molecule has 212 valence electrons. The molecule has 5 atom stereocenters. The van der Waals surface area contributed by atoms with Gasteiger partial charge in [0.2, 0.25) is 0 Å². The van der Waals surface area contributed by atoms with Gasteiger partial charge < -0.3 is 23.7 Å². The number of thioether (sulfide) groups is 1. The van der Waals surface area contributed by atoms with Crippen LogP contribution in [-0.4, -0.2) is 70.7 Å². The van der Waals surface area contributed by atoms with Crippen LogP contribution >= 0.6 is 11.8 Å². The molecular weight excluding hydrogens is 546 g/mol. The van der Waals surface area contributed by atoms with Gasteiger partial charge in [0.1, 0.15) is 24.3 Å². The number of nitrogens with zero attached hydrogens (tertiary/aromatic N) is 3. The van der Waals surface area contributed by atoms with E-state index in [0.717, 1.165) is 44.0 Å². The van der Waals surface area contributed by atoms with Crippen molar-refractivity contribution in [3.63, 3.8) is 0 Å². The third-order valence-corrected chi connectivity index (χ3v) is 6.30. The maximum Gasteiger partial charge on any atom is 0.303 e. The molecule has 0 N–H and O–H groups in total. The SMILES string of the molecule is CSc1nc(-c2ccccc2)c(C#N)c(=O)n1[C@@H]1O[C@H](COC(C)=O)[C@@H](OC(C)=O)[C@H](OC(C)=O)[C@H]1OC(C)=O. The van der Waals surface area contributed by atoms with Crippen LogP contribution < -0.4 is 5.56 Å². The molecule has 2 heterocycles. The first-order valence-electron chi connectivity index (χ1n) is 11.9. The van der Waals surface area contributed by atoms with Crippen molar-refractivity contribution in [3.05, 3.63) is 46.2 Å². The predicted octanol–water partition coefficient (Wildman–Crippen LogP) is 1.76. The molecule has 0 aliphatic carbocycles. The lowest BCUT2D eigenvalue weighted by Crippen LogP contribution is -2.61. The third kappa shape index (κ3) is 6.85. The Labute approximate surface area is 233 Å². The number of esters is 4. The Hall–Kier alpha value is -4.22. The molecule has 0 bridgehead atoms. The predicted molar refractivity (Wildman–Crippen MR) is 138 cm³/mol. The zero-order valence-electron chi connectivity index (χ0n) is 22.3. The molecule has 0 unspecified atom stereocenters. The minimum atomic E-state index is -1.54. The molecule has 3 rings (SSSR count). The number of carbonyl (C=O) groups excluding carboxylic acids is 4. The van der Waals surface area contributed by atoms with Crippen LogP contribution in [0.15, 0.2) is 40.3 Å². The fourth-order valence-corrected chi connectivity index (χ4v) is 4.77. The number of carbonyl (C=O) groups is 4. The Morgan fingerprint density at radius 3 is 2.05 bits per heavy atom. The molecule has 1 fully saturated rings.